The average molecular weight is 512 g/mol. The molecule has 5 nitrogen and oxygen atoms in total. The van der Waals surface area contributed by atoms with Crippen LogP contribution < -0.4 is 9.47 Å². The molecular weight excluding hydrogens is 486 g/mol. The molecule has 0 saturated heterocycles. The minimum atomic E-state index is -0.589. The van der Waals surface area contributed by atoms with Crippen molar-refractivity contribution in [1.29, 1.82) is 0 Å². The lowest BCUT2D eigenvalue weighted by Gasteiger charge is -2.12. The number of aryl methyl sites for hydroxylation is 2. The Kier molecular flexibility index (Phi) is 6.17. The van der Waals surface area contributed by atoms with Crippen molar-refractivity contribution in [3.8, 4) is 11.5 Å². The molecule has 6 rings (SSSR count). The topological polar surface area (TPSA) is 57.5 Å². The Morgan fingerprint density at radius 1 is 0.667 bits per heavy atom. The fourth-order valence-electron chi connectivity index (χ4n) is 5.32. The van der Waals surface area contributed by atoms with E-state index < -0.39 is 11.9 Å². The van der Waals surface area contributed by atoms with E-state index in [1.165, 1.54) is 38.4 Å². The molecule has 0 spiro atoms. The fraction of sp³-hybridized carbons (Fsp3) is 0.0588. The molecule has 0 aliphatic rings. The predicted molar refractivity (Wildman–Crippen MR) is 156 cm³/mol. The molecule has 0 atom stereocenters. The number of aromatic nitrogens is 1. The Balaban J connectivity index is 1.49. The molecule has 190 valence electrons. The maximum atomic E-state index is 11.9. The highest BCUT2D eigenvalue weighted by atomic mass is 16.5. The number of hydrogen-bond acceptors (Lipinski definition) is 4. The third-order valence-electron chi connectivity index (χ3n) is 6.98. The van der Waals surface area contributed by atoms with Crippen LogP contribution in [0, 0.1) is 0 Å². The summed E-state index contributed by atoms with van der Waals surface area (Å²) in [6.45, 7) is 7.57. The van der Waals surface area contributed by atoms with Gasteiger partial charge in [-0.05, 0) is 57.8 Å². The Morgan fingerprint density at radius 2 is 1.15 bits per heavy atom. The van der Waals surface area contributed by atoms with E-state index in [4.69, 9.17) is 9.47 Å². The lowest BCUT2D eigenvalue weighted by Crippen LogP contribution is -2.07. The second-order valence-corrected chi connectivity index (χ2v) is 9.33. The van der Waals surface area contributed by atoms with Gasteiger partial charge in [-0.2, -0.15) is 0 Å². The predicted octanol–water partition coefficient (Wildman–Crippen LogP) is 7.53. The molecule has 0 N–H and O–H groups in total. The van der Waals surface area contributed by atoms with Crippen LogP contribution >= 0.6 is 0 Å². The highest BCUT2D eigenvalue weighted by molar-refractivity contribution is 6.27. The summed E-state index contributed by atoms with van der Waals surface area (Å²) in [5.41, 5.74) is 3.15. The van der Waals surface area contributed by atoms with E-state index in [1.807, 2.05) is 0 Å². The van der Waals surface area contributed by atoms with Crippen molar-refractivity contribution in [3.05, 3.63) is 122 Å². The highest BCUT2D eigenvalue weighted by Gasteiger charge is 2.16. The minimum absolute atomic E-state index is 0.281. The van der Waals surface area contributed by atoms with Crippen LogP contribution in [0.4, 0.5) is 0 Å². The third kappa shape index (κ3) is 4.44. The number of rotatable bonds is 7. The van der Waals surface area contributed by atoms with Crippen LogP contribution in [-0.2, 0) is 22.6 Å². The summed E-state index contributed by atoms with van der Waals surface area (Å²) in [6.07, 6.45) is 2.79. The molecule has 1 aromatic heterocycles. The monoisotopic (exact) mass is 511 g/mol. The maximum Gasteiger partial charge on any atom is 0.335 e. The molecule has 39 heavy (non-hydrogen) atoms. The third-order valence-corrected chi connectivity index (χ3v) is 6.98. The van der Waals surface area contributed by atoms with E-state index in [-0.39, 0.29) is 11.5 Å². The quantitative estimate of drug-likeness (QED) is 0.126. The number of carbonyl (C=O) groups excluding carboxylic acids is 2. The number of ether oxygens (including phenoxy) is 2. The summed E-state index contributed by atoms with van der Waals surface area (Å²) in [5.74, 6) is -0.615. The summed E-state index contributed by atoms with van der Waals surface area (Å²) in [7, 11) is 0. The van der Waals surface area contributed by atoms with Crippen molar-refractivity contribution >= 4 is 55.3 Å². The van der Waals surface area contributed by atoms with E-state index in [1.54, 1.807) is 12.1 Å². The van der Waals surface area contributed by atoms with Crippen LogP contribution in [0.5, 0.6) is 11.5 Å². The van der Waals surface area contributed by atoms with Gasteiger partial charge in [0.25, 0.3) is 0 Å². The molecule has 0 unspecified atom stereocenters. The van der Waals surface area contributed by atoms with Crippen molar-refractivity contribution in [1.82, 2.24) is 4.57 Å². The summed E-state index contributed by atoms with van der Waals surface area (Å²) in [4.78, 5) is 23.7. The zero-order chi connectivity index (χ0) is 26.9. The second-order valence-electron chi connectivity index (χ2n) is 9.33. The zero-order valence-electron chi connectivity index (χ0n) is 21.2. The number of hydrogen-bond donors (Lipinski definition) is 0. The van der Waals surface area contributed by atoms with Crippen molar-refractivity contribution in [2.45, 2.75) is 13.0 Å². The Hall–Kier alpha value is -5.16. The summed E-state index contributed by atoms with van der Waals surface area (Å²) >= 11 is 0. The second kappa shape index (κ2) is 9.95. The summed E-state index contributed by atoms with van der Waals surface area (Å²) in [6, 6.07) is 30.7. The van der Waals surface area contributed by atoms with Gasteiger partial charge < -0.3 is 14.0 Å². The van der Waals surface area contributed by atoms with E-state index >= 15 is 0 Å². The van der Waals surface area contributed by atoms with Crippen LogP contribution in [0.1, 0.15) is 5.56 Å². The first-order valence-electron chi connectivity index (χ1n) is 12.7. The molecule has 0 aliphatic heterocycles. The van der Waals surface area contributed by atoms with E-state index in [0.717, 1.165) is 28.7 Å². The van der Waals surface area contributed by atoms with Gasteiger partial charge in [0, 0.05) is 46.6 Å². The van der Waals surface area contributed by atoms with Gasteiger partial charge in [0.1, 0.15) is 11.5 Å². The first kappa shape index (κ1) is 24.2. The molecule has 0 bridgehead atoms. The highest BCUT2D eigenvalue weighted by Crippen LogP contribution is 2.39. The molecule has 1 heterocycles. The molecule has 6 aromatic rings. The first-order valence-corrected chi connectivity index (χ1v) is 12.7. The van der Waals surface area contributed by atoms with E-state index in [2.05, 4.69) is 90.5 Å². The maximum absolute atomic E-state index is 11.9. The van der Waals surface area contributed by atoms with Crippen LogP contribution in [0.25, 0.3) is 43.4 Å². The fourth-order valence-corrected chi connectivity index (χ4v) is 5.32. The van der Waals surface area contributed by atoms with Crippen molar-refractivity contribution < 1.29 is 19.1 Å². The zero-order valence-corrected chi connectivity index (χ0v) is 21.2. The molecule has 0 radical (unpaired) electrons. The number of fused-ring (bicyclic) bond motifs is 7. The van der Waals surface area contributed by atoms with Gasteiger partial charge in [-0.25, -0.2) is 9.59 Å². The molecule has 5 heteroatoms. The van der Waals surface area contributed by atoms with E-state index in [0.29, 0.717) is 13.0 Å². The number of carbonyl (C=O) groups is 2. The van der Waals surface area contributed by atoms with Gasteiger partial charge in [-0.15, -0.1) is 0 Å². The van der Waals surface area contributed by atoms with Gasteiger partial charge in [0.05, 0.1) is 0 Å². The largest absolute Gasteiger partial charge is 0.423 e. The average Bonchev–Trinajstić information content (AvgIpc) is 3.30. The first-order chi connectivity index (χ1) is 19.1. The van der Waals surface area contributed by atoms with Crippen LogP contribution in [0.3, 0.4) is 0 Å². The standard InChI is InChI=1S/C34H25NO4/c1-3-31(36)38-25-19-22(20-26(21-25)39-32(37)4-2)17-18-35-29-15-13-23-9-5-7-11-27(23)33(29)34-28-12-8-6-10-24(28)14-16-30(34)35/h3-16,19-21H,1-2,17-18H2. The Labute approximate surface area is 225 Å². The summed E-state index contributed by atoms with van der Waals surface area (Å²) in [5, 5.41) is 7.28. The van der Waals surface area contributed by atoms with Gasteiger partial charge in [0.15, 0.2) is 0 Å². The Bertz CT molecular complexity index is 1810. The normalized spacial score (nSPS) is 11.2. The molecule has 0 amide bonds. The lowest BCUT2D eigenvalue weighted by molar-refractivity contribution is -0.129. The van der Waals surface area contributed by atoms with Crippen molar-refractivity contribution in [2.75, 3.05) is 0 Å². The number of esters is 2. The van der Waals surface area contributed by atoms with Crippen LogP contribution in [-0.4, -0.2) is 16.5 Å². The van der Waals surface area contributed by atoms with Gasteiger partial charge >= 0.3 is 11.9 Å². The number of benzene rings is 5. The SMILES string of the molecule is C=CC(=O)Oc1cc(CCn2c3ccc4ccccc4c3c3c4ccccc4ccc32)cc(OC(=O)C=C)c1. The van der Waals surface area contributed by atoms with Crippen LogP contribution in [0.15, 0.2) is 116 Å². The summed E-state index contributed by atoms with van der Waals surface area (Å²) < 4.78 is 13.0. The Morgan fingerprint density at radius 3 is 1.64 bits per heavy atom. The minimum Gasteiger partial charge on any atom is -0.423 e. The van der Waals surface area contributed by atoms with Crippen molar-refractivity contribution in [3.63, 3.8) is 0 Å². The lowest BCUT2D eigenvalue weighted by atomic mass is 10.00. The smallest absolute Gasteiger partial charge is 0.335 e. The molecule has 0 saturated carbocycles. The molecular formula is C34H25NO4. The van der Waals surface area contributed by atoms with Gasteiger partial charge in [0.2, 0.25) is 0 Å². The van der Waals surface area contributed by atoms with Gasteiger partial charge in [-0.1, -0.05) is 73.8 Å². The van der Waals surface area contributed by atoms with E-state index in [9.17, 15) is 9.59 Å². The van der Waals surface area contributed by atoms with Crippen molar-refractivity contribution in [2.24, 2.45) is 0 Å². The molecule has 0 fully saturated rings. The van der Waals surface area contributed by atoms with Crippen LogP contribution in [0.2, 0.25) is 0 Å². The molecule has 5 aromatic carbocycles. The number of nitrogens with zero attached hydrogens (tertiary/aromatic N) is 1. The molecule has 0 aliphatic carbocycles. The van der Waals surface area contributed by atoms with Gasteiger partial charge in [-0.3, -0.25) is 0 Å².